The van der Waals surface area contributed by atoms with Gasteiger partial charge in [0.1, 0.15) is 17.2 Å². The van der Waals surface area contributed by atoms with E-state index in [0.717, 1.165) is 11.1 Å². The smallest absolute Gasteiger partial charge is 0.343 e. The van der Waals surface area contributed by atoms with Crippen LogP contribution < -0.4 is 19.6 Å². The lowest BCUT2D eigenvalue weighted by molar-refractivity contribution is -0.123. The SMILES string of the molecule is COc1ccc(C(=O)Oc2ccccc2/C=N/NC(=O)COc2cc(C)ccc2C)cc1. The van der Waals surface area contributed by atoms with Crippen LogP contribution in [0.5, 0.6) is 17.2 Å². The molecule has 0 aromatic heterocycles. The van der Waals surface area contributed by atoms with Crippen molar-refractivity contribution in [2.24, 2.45) is 5.10 Å². The molecule has 1 amide bonds. The summed E-state index contributed by atoms with van der Waals surface area (Å²) in [5.41, 5.74) is 5.32. The second-order valence-corrected chi connectivity index (χ2v) is 7.01. The maximum atomic E-state index is 12.4. The summed E-state index contributed by atoms with van der Waals surface area (Å²) in [6, 6.07) is 19.3. The lowest BCUT2D eigenvalue weighted by Crippen LogP contribution is -2.24. The number of benzene rings is 3. The van der Waals surface area contributed by atoms with Crippen molar-refractivity contribution in [3.63, 3.8) is 0 Å². The minimum atomic E-state index is -0.514. The number of amides is 1. The molecule has 0 atom stereocenters. The second kappa shape index (κ2) is 10.8. The molecule has 1 N–H and O–H groups in total. The monoisotopic (exact) mass is 432 g/mol. The Hall–Kier alpha value is -4.13. The van der Waals surface area contributed by atoms with Crippen molar-refractivity contribution in [1.82, 2.24) is 5.43 Å². The first-order valence-electron chi connectivity index (χ1n) is 9.93. The van der Waals surface area contributed by atoms with E-state index in [0.29, 0.717) is 28.4 Å². The molecule has 0 aliphatic carbocycles. The van der Waals surface area contributed by atoms with Crippen molar-refractivity contribution in [3.05, 3.63) is 89.0 Å². The van der Waals surface area contributed by atoms with E-state index in [1.165, 1.54) is 6.21 Å². The number of methoxy groups -OCH3 is 1. The number of hydrogen-bond donors (Lipinski definition) is 1. The zero-order chi connectivity index (χ0) is 22.9. The maximum absolute atomic E-state index is 12.4. The van der Waals surface area contributed by atoms with E-state index in [-0.39, 0.29) is 6.61 Å². The highest BCUT2D eigenvalue weighted by atomic mass is 16.5. The van der Waals surface area contributed by atoms with Gasteiger partial charge in [0.2, 0.25) is 0 Å². The highest BCUT2D eigenvalue weighted by molar-refractivity contribution is 5.93. The Balaban J connectivity index is 1.58. The standard InChI is InChI=1S/C25H24N2O5/c1-17-8-9-18(2)23(14-17)31-16-24(28)27-26-15-20-6-4-5-7-22(20)32-25(29)19-10-12-21(30-3)13-11-19/h4-15H,16H2,1-3H3,(H,27,28)/b26-15+. The van der Waals surface area contributed by atoms with Gasteiger partial charge in [-0.25, -0.2) is 10.2 Å². The minimum absolute atomic E-state index is 0.171. The molecule has 0 fully saturated rings. The Morgan fingerprint density at radius 2 is 1.72 bits per heavy atom. The first-order valence-corrected chi connectivity index (χ1v) is 9.93. The highest BCUT2D eigenvalue weighted by Crippen LogP contribution is 2.20. The van der Waals surface area contributed by atoms with Crippen molar-refractivity contribution >= 4 is 18.1 Å². The number of nitrogens with zero attached hydrogens (tertiary/aromatic N) is 1. The number of ether oxygens (including phenoxy) is 3. The normalized spacial score (nSPS) is 10.6. The predicted molar refractivity (Wildman–Crippen MR) is 122 cm³/mol. The molecule has 164 valence electrons. The minimum Gasteiger partial charge on any atom is -0.497 e. The number of hydrogen-bond acceptors (Lipinski definition) is 6. The molecular weight excluding hydrogens is 408 g/mol. The molecule has 32 heavy (non-hydrogen) atoms. The van der Waals surface area contributed by atoms with Crippen molar-refractivity contribution in [2.45, 2.75) is 13.8 Å². The number of carbonyl (C=O) groups excluding carboxylic acids is 2. The molecule has 7 heteroatoms. The van der Waals surface area contributed by atoms with E-state index < -0.39 is 11.9 Å². The van der Waals surface area contributed by atoms with Crippen LogP contribution in [0.3, 0.4) is 0 Å². The Morgan fingerprint density at radius 3 is 2.47 bits per heavy atom. The van der Waals surface area contributed by atoms with Gasteiger partial charge in [0.05, 0.1) is 18.9 Å². The van der Waals surface area contributed by atoms with Gasteiger partial charge < -0.3 is 14.2 Å². The number of rotatable bonds is 8. The van der Waals surface area contributed by atoms with Crippen LogP contribution in [0.15, 0.2) is 71.8 Å². The molecule has 3 aromatic carbocycles. The van der Waals surface area contributed by atoms with Crippen LogP contribution in [0.25, 0.3) is 0 Å². The molecule has 0 saturated heterocycles. The molecule has 0 unspecified atom stereocenters. The van der Waals surface area contributed by atoms with Crippen LogP contribution in [0.2, 0.25) is 0 Å². The molecule has 0 heterocycles. The van der Waals surface area contributed by atoms with Gasteiger partial charge in [0.25, 0.3) is 5.91 Å². The second-order valence-electron chi connectivity index (χ2n) is 7.01. The van der Waals surface area contributed by atoms with Crippen molar-refractivity contribution in [2.75, 3.05) is 13.7 Å². The molecule has 7 nitrogen and oxygen atoms in total. The molecule has 3 aromatic rings. The summed E-state index contributed by atoms with van der Waals surface area (Å²) in [7, 11) is 1.55. The number of carbonyl (C=O) groups is 2. The molecule has 0 bridgehead atoms. The van der Waals surface area contributed by atoms with Gasteiger partial charge in [-0.2, -0.15) is 5.10 Å². The van der Waals surface area contributed by atoms with Crippen LogP contribution in [0.4, 0.5) is 0 Å². The van der Waals surface area contributed by atoms with E-state index in [4.69, 9.17) is 14.2 Å². The average molecular weight is 432 g/mol. The predicted octanol–water partition coefficient (Wildman–Crippen LogP) is 4.06. The molecule has 0 spiro atoms. The molecule has 0 aliphatic rings. The van der Waals surface area contributed by atoms with Gasteiger partial charge in [-0.3, -0.25) is 4.79 Å². The molecule has 0 aliphatic heterocycles. The zero-order valence-electron chi connectivity index (χ0n) is 18.1. The summed E-state index contributed by atoms with van der Waals surface area (Å²) in [6.07, 6.45) is 1.41. The van der Waals surface area contributed by atoms with Gasteiger partial charge in [-0.05, 0) is 67.4 Å². The third-order valence-corrected chi connectivity index (χ3v) is 4.54. The quantitative estimate of drug-likeness (QED) is 0.251. The topological polar surface area (TPSA) is 86.2 Å². The van der Waals surface area contributed by atoms with Crippen LogP contribution >= 0.6 is 0 Å². The van der Waals surface area contributed by atoms with Gasteiger partial charge >= 0.3 is 5.97 Å². The van der Waals surface area contributed by atoms with E-state index in [9.17, 15) is 9.59 Å². The number of esters is 1. The fourth-order valence-corrected chi connectivity index (χ4v) is 2.78. The van der Waals surface area contributed by atoms with E-state index in [1.54, 1.807) is 55.6 Å². The fourth-order valence-electron chi connectivity index (χ4n) is 2.78. The summed E-state index contributed by atoms with van der Waals surface area (Å²) >= 11 is 0. The van der Waals surface area contributed by atoms with Crippen LogP contribution in [0.1, 0.15) is 27.0 Å². The van der Waals surface area contributed by atoms with Crippen LogP contribution in [-0.2, 0) is 4.79 Å². The summed E-state index contributed by atoms with van der Waals surface area (Å²) < 4.78 is 16.1. The first kappa shape index (κ1) is 22.6. The van der Waals surface area contributed by atoms with Gasteiger partial charge in [-0.1, -0.05) is 24.3 Å². The largest absolute Gasteiger partial charge is 0.497 e. The van der Waals surface area contributed by atoms with Crippen LogP contribution in [0, 0.1) is 13.8 Å². The summed E-state index contributed by atoms with van der Waals surface area (Å²) in [5.74, 6) is 0.693. The van der Waals surface area contributed by atoms with Crippen molar-refractivity contribution < 1.29 is 23.8 Å². The molecule has 0 saturated carbocycles. The summed E-state index contributed by atoms with van der Waals surface area (Å²) in [6.45, 7) is 3.69. The number of nitrogens with one attached hydrogen (secondary N) is 1. The van der Waals surface area contributed by atoms with E-state index in [1.807, 2.05) is 32.0 Å². The Bertz CT molecular complexity index is 1120. The van der Waals surface area contributed by atoms with E-state index in [2.05, 4.69) is 10.5 Å². The number of hydrazone groups is 1. The third-order valence-electron chi connectivity index (χ3n) is 4.54. The Labute approximate surface area is 186 Å². The molecular formula is C25H24N2O5. The lowest BCUT2D eigenvalue weighted by atomic mass is 10.1. The Kier molecular flexibility index (Phi) is 7.59. The maximum Gasteiger partial charge on any atom is 0.343 e. The van der Waals surface area contributed by atoms with Crippen LogP contribution in [-0.4, -0.2) is 31.8 Å². The molecule has 3 rings (SSSR count). The summed E-state index contributed by atoms with van der Waals surface area (Å²) in [4.78, 5) is 24.5. The summed E-state index contributed by atoms with van der Waals surface area (Å²) in [5, 5.41) is 3.94. The van der Waals surface area contributed by atoms with Gasteiger partial charge in [0, 0.05) is 5.56 Å². The zero-order valence-corrected chi connectivity index (χ0v) is 18.1. The first-order chi connectivity index (χ1) is 15.5. The van der Waals surface area contributed by atoms with Crippen molar-refractivity contribution in [3.8, 4) is 17.2 Å². The number of para-hydroxylation sites is 1. The van der Waals surface area contributed by atoms with Gasteiger partial charge in [0.15, 0.2) is 6.61 Å². The van der Waals surface area contributed by atoms with Crippen molar-refractivity contribution in [1.29, 1.82) is 0 Å². The van der Waals surface area contributed by atoms with E-state index >= 15 is 0 Å². The fraction of sp³-hybridized carbons (Fsp3) is 0.160. The Morgan fingerprint density at radius 1 is 0.969 bits per heavy atom. The average Bonchev–Trinajstić information content (AvgIpc) is 2.80. The lowest BCUT2D eigenvalue weighted by Gasteiger charge is -2.09. The number of aryl methyl sites for hydroxylation is 2. The molecule has 0 radical (unpaired) electrons. The highest BCUT2D eigenvalue weighted by Gasteiger charge is 2.11. The third kappa shape index (κ3) is 6.18. The van der Waals surface area contributed by atoms with Gasteiger partial charge in [-0.15, -0.1) is 0 Å².